The Morgan fingerprint density at radius 2 is 1.67 bits per heavy atom. The Balaban J connectivity index is 1.77. The van der Waals surface area contributed by atoms with Crippen molar-refractivity contribution >= 4 is 0 Å². The Hall–Kier alpha value is -0.820. The van der Waals surface area contributed by atoms with Crippen molar-refractivity contribution in [3.05, 3.63) is 35.4 Å². The van der Waals surface area contributed by atoms with Gasteiger partial charge in [-0.15, -0.1) is 0 Å². The quantitative estimate of drug-likeness (QED) is 0.776. The van der Waals surface area contributed by atoms with Crippen molar-refractivity contribution in [2.75, 3.05) is 13.1 Å². The highest BCUT2D eigenvalue weighted by Gasteiger charge is 2.53. The molecule has 1 aliphatic carbocycles. The van der Waals surface area contributed by atoms with Crippen LogP contribution in [0.5, 0.6) is 0 Å². The Labute approximate surface area is 91.9 Å². The molecule has 1 aromatic rings. The van der Waals surface area contributed by atoms with E-state index in [1.54, 1.807) is 5.56 Å². The van der Waals surface area contributed by atoms with Crippen LogP contribution in [0.2, 0.25) is 0 Å². The second-order valence-corrected chi connectivity index (χ2v) is 5.33. The van der Waals surface area contributed by atoms with Gasteiger partial charge < -0.3 is 5.32 Å². The van der Waals surface area contributed by atoms with Crippen molar-refractivity contribution < 1.29 is 0 Å². The largest absolute Gasteiger partial charge is 0.316 e. The molecule has 1 aliphatic heterocycles. The summed E-state index contributed by atoms with van der Waals surface area (Å²) >= 11 is 0. The van der Waals surface area contributed by atoms with E-state index in [1.807, 2.05) is 0 Å². The van der Waals surface area contributed by atoms with Crippen molar-refractivity contribution in [1.29, 1.82) is 0 Å². The van der Waals surface area contributed by atoms with Crippen LogP contribution in [-0.4, -0.2) is 13.1 Å². The third-order valence-corrected chi connectivity index (χ3v) is 4.08. The summed E-state index contributed by atoms with van der Waals surface area (Å²) in [6, 6.07) is 9.31. The van der Waals surface area contributed by atoms with Crippen molar-refractivity contribution in [1.82, 2.24) is 5.32 Å². The molecular formula is C14H19N. The highest BCUT2D eigenvalue weighted by molar-refractivity contribution is 5.33. The minimum absolute atomic E-state index is 0.652. The summed E-state index contributed by atoms with van der Waals surface area (Å²) in [7, 11) is 0. The molecule has 0 spiro atoms. The maximum Gasteiger partial charge on any atom is -0.00111 e. The molecule has 1 unspecified atom stereocenters. The molecule has 80 valence electrons. The smallest absolute Gasteiger partial charge is 0.00111 e. The van der Waals surface area contributed by atoms with Gasteiger partial charge in [0.1, 0.15) is 0 Å². The van der Waals surface area contributed by atoms with Crippen molar-refractivity contribution in [2.24, 2.45) is 11.8 Å². The van der Waals surface area contributed by atoms with Crippen LogP contribution in [0.15, 0.2) is 24.3 Å². The molecule has 3 atom stereocenters. The Morgan fingerprint density at radius 1 is 1.07 bits per heavy atom. The molecule has 1 aromatic carbocycles. The Morgan fingerprint density at radius 3 is 2.20 bits per heavy atom. The zero-order valence-electron chi connectivity index (χ0n) is 9.53. The van der Waals surface area contributed by atoms with Crippen LogP contribution in [0.25, 0.3) is 0 Å². The minimum Gasteiger partial charge on any atom is -0.316 e. The Kier molecular flexibility index (Phi) is 2.10. The van der Waals surface area contributed by atoms with E-state index in [0.717, 1.165) is 17.8 Å². The van der Waals surface area contributed by atoms with E-state index in [1.165, 1.54) is 18.7 Å². The molecule has 2 fully saturated rings. The molecule has 15 heavy (non-hydrogen) atoms. The lowest BCUT2D eigenvalue weighted by molar-refractivity contribution is 0.684. The average Bonchev–Trinajstić information content (AvgIpc) is 2.72. The zero-order valence-corrected chi connectivity index (χ0v) is 9.53. The molecule has 0 radical (unpaired) electrons. The number of benzene rings is 1. The molecular weight excluding hydrogens is 182 g/mol. The monoisotopic (exact) mass is 201 g/mol. The van der Waals surface area contributed by atoms with Crippen molar-refractivity contribution in [2.45, 2.75) is 25.7 Å². The lowest BCUT2D eigenvalue weighted by Gasteiger charge is -2.08. The summed E-state index contributed by atoms with van der Waals surface area (Å²) in [4.78, 5) is 0. The second-order valence-electron chi connectivity index (χ2n) is 5.33. The van der Waals surface area contributed by atoms with E-state index in [0.29, 0.717) is 5.92 Å². The van der Waals surface area contributed by atoms with Gasteiger partial charge in [-0.1, -0.05) is 38.1 Å². The van der Waals surface area contributed by atoms with Gasteiger partial charge in [-0.2, -0.15) is 0 Å². The molecule has 1 saturated carbocycles. The van der Waals surface area contributed by atoms with Gasteiger partial charge >= 0.3 is 0 Å². The molecule has 2 aliphatic rings. The van der Waals surface area contributed by atoms with Crippen LogP contribution in [0.3, 0.4) is 0 Å². The number of rotatable bonds is 2. The first kappa shape index (κ1) is 9.41. The predicted octanol–water partition coefficient (Wildman–Crippen LogP) is 2.74. The van der Waals surface area contributed by atoms with Gasteiger partial charge in [-0.3, -0.25) is 0 Å². The minimum atomic E-state index is 0.652. The molecule has 1 nitrogen and oxygen atoms in total. The number of fused-ring (bicyclic) bond motifs is 1. The van der Waals surface area contributed by atoms with Gasteiger partial charge in [0.15, 0.2) is 0 Å². The van der Waals surface area contributed by atoms with E-state index in [-0.39, 0.29) is 0 Å². The van der Waals surface area contributed by atoms with E-state index >= 15 is 0 Å². The van der Waals surface area contributed by atoms with Gasteiger partial charge in [0, 0.05) is 0 Å². The summed E-state index contributed by atoms with van der Waals surface area (Å²) in [5, 5.41) is 3.45. The maximum atomic E-state index is 3.45. The normalized spacial score (nSPS) is 33.1. The number of hydrogen-bond acceptors (Lipinski definition) is 1. The van der Waals surface area contributed by atoms with Gasteiger partial charge in [-0.05, 0) is 47.9 Å². The summed E-state index contributed by atoms with van der Waals surface area (Å²) in [6.45, 7) is 6.98. The summed E-state index contributed by atoms with van der Waals surface area (Å²) in [5.41, 5.74) is 3.03. The van der Waals surface area contributed by atoms with Crippen LogP contribution in [-0.2, 0) is 0 Å². The predicted molar refractivity (Wildman–Crippen MR) is 63.1 cm³/mol. The lowest BCUT2D eigenvalue weighted by atomic mass is 9.99. The van der Waals surface area contributed by atoms with E-state index < -0.39 is 0 Å². The van der Waals surface area contributed by atoms with E-state index in [9.17, 15) is 0 Å². The van der Waals surface area contributed by atoms with Crippen molar-refractivity contribution in [3.8, 4) is 0 Å². The SMILES string of the molecule is CC(C)c1ccc(C2[C@H]3CNC[C@@H]23)cc1. The number of hydrogen-bond donors (Lipinski definition) is 1. The summed E-state index contributed by atoms with van der Waals surface area (Å²) < 4.78 is 0. The molecule has 0 aromatic heterocycles. The summed E-state index contributed by atoms with van der Waals surface area (Å²) in [5.74, 6) is 3.40. The van der Waals surface area contributed by atoms with Crippen LogP contribution in [0.4, 0.5) is 0 Å². The first-order valence-electron chi connectivity index (χ1n) is 6.08. The number of piperidine rings is 1. The molecule has 0 amide bonds. The fraction of sp³-hybridized carbons (Fsp3) is 0.571. The van der Waals surface area contributed by atoms with Crippen molar-refractivity contribution in [3.63, 3.8) is 0 Å². The molecule has 1 heteroatoms. The zero-order chi connectivity index (χ0) is 10.4. The molecule has 3 rings (SSSR count). The highest BCUT2D eigenvalue weighted by atomic mass is 15.0. The van der Waals surface area contributed by atoms with Gasteiger partial charge in [0.25, 0.3) is 0 Å². The van der Waals surface area contributed by atoms with Crippen LogP contribution in [0, 0.1) is 11.8 Å². The van der Waals surface area contributed by atoms with E-state index in [2.05, 4.69) is 43.4 Å². The lowest BCUT2D eigenvalue weighted by Crippen LogP contribution is -2.13. The first-order valence-corrected chi connectivity index (χ1v) is 6.08. The van der Waals surface area contributed by atoms with Gasteiger partial charge in [0.05, 0.1) is 0 Å². The molecule has 1 saturated heterocycles. The third-order valence-electron chi connectivity index (χ3n) is 4.08. The molecule has 1 N–H and O–H groups in total. The molecule has 0 bridgehead atoms. The second kappa shape index (κ2) is 3.34. The summed E-state index contributed by atoms with van der Waals surface area (Å²) in [6.07, 6.45) is 0. The fourth-order valence-electron chi connectivity index (χ4n) is 3.02. The van der Waals surface area contributed by atoms with Crippen LogP contribution in [0.1, 0.15) is 36.8 Å². The highest BCUT2D eigenvalue weighted by Crippen LogP contribution is 2.55. The van der Waals surface area contributed by atoms with Gasteiger partial charge in [-0.25, -0.2) is 0 Å². The van der Waals surface area contributed by atoms with E-state index in [4.69, 9.17) is 0 Å². The Bertz CT molecular complexity index is 342. The first-order chi connectivity index (χ1) is 7.27. The standard InChI is InChI=1S/C14H19N/c1-9(2)10-3-5-11(6-4-10)14-12-7-15-8-13(12)14/h3-6,9,12-15H,7-8H2,1-2H3/t12-,13+,14?. The van der Waals surface area contributed by atoms with Crippen LogP contribution < -0.4 is 5.32 Å². The number of nitrogens with one attached hydrogen (secondary N) is 1. The van der Waals surface area contributed by atoms with Gasteiger partial charge in [0.2, 0.25) is 0 Å². The molecule has 1 heterocycles. The third kappa shape index (κ3) is 1.50. The average molecular weight is 201 g/mol. The van der Waals surface area contributed by atoms with Crippen LogP contribution >= 0.6 is 0 Å². The fourth-order valence-corrected chi connectivity index (χ4v) is 3.02. The topological polar surface area (TPSA) is 12.0 Å². The maximum absolute atomic E-state index is 3.45.